The van der Waals surface area contributed by atoms with Crippen LogP contribution in [0.3, 0.4) is 0 Å². The van der Waals surface area contributed by atoms with Crippen molar-refractivity contribution in [3.05, 3.63) is 35.9 Å². The van der Waals surface area contributed by atoms with Crippen LogP contribution in [-0.4, -0.2) is 68.3 Å². The fourth-order valence-electron chi connectivity index (χ4n) is 4.33. The van der Waals surface area contributed by atoms with Gasteiger partial charge in [0.2, 0.25) is 0 Å². The van der Waals surface area contributed by atoms with Gasteiger partial charge in [0.05, 0.1) is 6.61 Å². The van der Waals surface area contributed by atoms with Crippen molar-refractivity contribution in [2.75, 3.05) is 33.0 Å². The Morgan fingerprint density at radius 3 is 1.86 bits per heavy atom. The molecule has 0 bridgehead atoms. The van der Waals surface area contributed by atoms with E-state index in [4.69, 9.17) is 23.7 Å². The van der Waals surface area contributed by atoms with Crippen molar-refractivity contribution in [1.29, 1.82) is 0 Å². The summed E-state index contributed by atoms with van der Waals surface area (Å²) in [7, 11) is 0. The van der Waals surface area contributed by atoms with E-state index in [1.807, 2.05) is 20.8 Å². The highest BCUT2D eigenvalue weighted by Gasteiger charge is 2.68. The second kappa shape index (κ2) is 16.7. The van der Waals surface area contributed by atoms with Crippen molar-refractivity contribution >= 4 is 0 Å². The first-order valence-corrected chi connectivity index (χ1v) is 14.1. The molecular weight excluding hydrogens is 482 g/mol. The van der Waals surface area contributed by atoms with E-state index >= 15 is 8.78 Å². The van der Waals surface area contributed by atoms with Gasteiger partial charge in [-0.05, 0) is 25.7 Å². The van der Waals surface area contributed by atoms with Crippen LogP contribution in [0.5, 0.6) is 0 Å². The van der Waals surface area contributed by atoms with Crippen LogP contribution in [0.1, 0.15) is 84.6 Å². The lowest BCUT2D eigenvalue weighted by molar-refractivity contribution is -0.426. The quantitative estimate of drug-likeness (QED) is 0.214. The van der Waals surface area contributed by atoms with Crippen molar-refractivity contribution in [3.8, 4) is 0 Å². The molecule has 0 radical (unpaired) electrons. The Morgan fingerprint density at radius 1 is 0.784 bits per heavy atom. The smallest absolute Gasteiger partial charge is 0.328 e. The summed E-state index contributed by atoms with van der Waals surface area (Å²) in [6.07, 6.45) is 2.43. The fraction of sp³-hybridized carbons (Fsp3) is 0.793. The Bertz CT molecular complexity index is 722. The molecule has 1 fully saturated rings. The summed E-state index contributed by atoms with van der Waals surface area (Å²) < 4.78 is 62.6. The van der Waals surface area contributed by atoms with Gasteiger partial charge < -0.3 is 28.8 Å². The molecule has 2 rings (SSSR count). The maximum atomic E-state index is 16.2. The number of hydrogen-bond donors (Lipinski definition) is 1. The van der Waals surface area contributed by atoms with E-state index in [9.17, 15) is 5.11 Å². The monoisotopic (exact) mass is 530 g/mol. The topological polar surface area (TPSA) is 66.4 Å². The highest BCUT2D eigenvalue weighted by Crippen LogP contribution is 2.48. The first kappa shape index (κ1) is 32.1. The van der Waals surface area contributed by atoms with Crippen molar-refractivity contribution in [2.24, 2.45) is 0 Å². The van der Waals surface area contributed by atoms with E-state index in [1.54, 1.807) is 6.07 Å². The lowest BCUT2D eigenvalue weighted by Gasteiger charge is -2.52. The van der Waals surface area contributed by atoms with Gasteiger partial charge >= 0.3 is 5.92 Å². The van der Waals surface area contributed by atoms with E-state index in [2.05, 4.69) is 6.92 Å². The molecule has 37 heavy (non-hydrogen) atoms. The Labute approximate surface area is 222 Å². The Morgan fingerprint density at radius 2 is 1.30 bits per heavy atom. The third kappa shape index (κ3) is 8.67. The molecule has 1 saturated heterocycles. The van der Waals surface area contributed by atoms with E-state index in [-0.39, 0.29) is 18.8 Å². The zero-order valence-corrected chi connectivity index (χ0v) is 23.1. The number of alkyl halides is 2. The molecule has 6 nitrogen and oxygen atoms in total. The van der Waals surface area contributed by atoms with Crippen LogP contribution >= 0.6 is 0 Å². The number of ether oxygens (including phenoxy) is 5. The number of halogens is 2. The number of unbranched alkanes of at least 4 members (excludes halogenated alkanes) is 4. The first-order valence-electron chi connectivity index (χ1n) is 14.1. The summed E-state index contributed by atoms with van der Waals surface area (Å²) in [6, 6.07) is 7.25. The van der Waals surface area contributed by atoms with Gasteiger partial charge in [0.15, 0.2) is 0 Å². The number of rotatable bonds is 19. The Hall–Kier alpha value is -1.16. The van der Waals surface area contributed by atoms with E-state index < -0.39 is 36.1 Å². The summed E-state index contributed by atoms with van der Waals surface area (Å²) >= 11 is 0. The summed E-state index contributed by atoms with van der Waals surface area (Å²) in [5, 5.41) is 11.8. The maximum absolute atomic E-state index is 16.2. The summed E-state index contributed by atoms with van der Waals surface area (Å²) in [5.41, 5.74) is -0.357. The number of benzene rings is 1. The fourth-order valence-corrected chi connectivity index (χ4v) is 4.33. The average molecular weight is 531 g/mol. The van der Waals surface area contributed by atoms with Gasteiger partial charge in [0.25, 0.3) is 5.79 Å². The molecule has 214 valence electrons. The minimum atomic E-state index is -3.78. The SMILES string of the molecule is CCCCOC[C@H]1O[C@@](O)(C(F)(F)c2ccccc2)[C@H](OCCCC)[C@@H](OCCCC)[C@H]1OCCCC. The minimum Gasteiger partial charge on any atom is -0.379 e. The molecular formula is C29H48F2O6. The normalized spacial score (nSPS) is 26.5. The van der Waals surface area contributed by atoms with Gasteiger partial charge in [0.1, 0.15) is 24.4 Å². The number of aliphatic hydroxyl groups is 1. The van der Waals surface area contributed by atoms with Crippen LogP contribution in [0.2, 0.25) is 0 Å². The zero-order valence-electron chi connectivity index (χ0n) is 23.1. The molecule has 1 aromatic carbocycles. The summed E-state index contributed by atoms with van der Waals surface area (Å²) in [6.45, 7) is 9.51. The lowest BCUT2D eigenvalue weighted by atomic mass is 9.85. The first-order chi connectivity index (χ1) is 17.9. The predicted octanol–water partition coefficient (Wildman–Crippen LogP) is 6.24. The molecule has 8 heteroatoms. The predicted molar refractivity (Wildman–Crippen MR) is 140 cm³/mol. The van der Waals surface area contributed by atoms with Gasteiger partial charge in [-0.25, -0.2) is 0 Å². The molecule has 0 aliphatic carbocycles. The molecule has 5 atom stereocenters. The zero-order chi connectivity index (χ0) is 27.2. The standard InChI is InChI=1S/C29H48F2O6/c1-5-9-18-33-22-24-25(34-19-10-6-2)26(35-20-11-7-3)27(36-21-12-8-4)29(32,37-24)28(30,31)23-16-14-13-15-17-23/h13-17,24-27,32H,5-12,18-22H2,1-4H3/t24-,25+,26+,27-,29-/m1/s1. The van der Waals surface area contributed by atoms with Gasteiger partial charge in [-0.3, -0.25) is 0 Å². The third-order valence-corrected chi connectivity index (χ3v) is 6.63. The Balaban J connectivity index is 2.51. The molecule has 1 heterocycles. The lowest BCUT2D eigenvalue weighted by Crippen LogP contribution is -2.72. The van der Waals surface area contributed by atoms with Gasteiger partial charge in [-0.2, -0.15) is 8.78 Å². The largest absolute Gasteiger partial charge is 0.379 e. The summed E-state index contributed by atoms with van der Waals surface area (Å²) in [5.74, 6) is -6.77. The third-order valence-electron chi connectivity index (χ3n) is 6.63. The van der Waals surface area contributed by atoms with Crippen molar-refractivity contribution < 1.29 is 37.6 Å². The highest BCUT2D eigenvalue weighted by molar-refractivity contribution is 5.24. The highest BCUT2D eigenvalue weighted by atomic mass is 19.3. The minimum absolute atomic E-state index is 0.000705. The molecule has 1 N–H and O–H groups in total. The second-order valence-electron chi connectivity index (χ2n) is 9.74. The van der Waals surface area contributed by atoms with Crippen LogP contribution in [0.4, 0.5) is 8.78 Å². The van der Waals surface area contributed by atoms with Crippen molar-refractivity contribution in [2.45, 2.75) is 115 Å². The number of hydrogen-bond acceptors (Lipinski definition) is 6. The Kier molecular flexibility index (Phi) is 14.5. The van der Waals surface area contributed by atoms with Gasteiger partial charge in [0, 0.05) is 32.0 Å². The van der Waals surface area contributed by atoms with Crippen LogP contribution < -0.4 is 0 Å². The molecule has 0 amide bonds. The van der Waals surface area contributed by atoms with Gasteiger partial charge in [-0.1, -0.05) is 83.7 Å². The molecule has 1 aromatic rings. The van der Waals surface area contributed by atoms with Crippen LogP contribution in [-0.2, 0) is 29.6 Å². The molecule has 0 unspecified atom stereocenters. The van der Waals surface area contributed by atoms with Crippen LogP contribution in [0.15, 0.2) is 30.3 Å². The van der Waals surface area contributed by atoms with Gasteiger partial charge in [-0.15, -0.1) is 0 Å². The van der Waals surface area contributed by atoms with E-state index in [0.29, 0.717) is 26.2 Å². The van der Waals surface area contributed by atoms with E-state index in [1.165, 1.54) is 24.3 Å². The van der Waals surface area contributed by atoms with Crippen molar-refractivity contribution in [1.82, 2.24) is 0 Å². The second-order valence-corrected chi connectivity index (χ2v) is 9.74. The maximum Gasteiger partial charge on any atom is 0.328 e. The van der Waals surface area contributed by atoms with Crippen molar-refractivity contribution in [3.63, 3.8) is 0 Å². The van der Waals surface area contributed by atoms with E-state index in [0.717, 1.165) is 44.9 Å². The molecule has 0 spiro atoms. The average Bonchev–Trinajstić information content (AvgIpc) is 2.90. The molecule has 0 aromatic heterocycles. The summed E-state index contributed by atoms with van der Waals surface area (Å²) in [4.78, 5) is 0. The molecule has 0 saturated carbocycles. The van der Waals surface area contributed by atoms with Crippen LogP contribution in [0, 0.1) is 0 Å². The van der Waals surface area contributed by atoms with Crippen LogP contribution in [0.25, 0.3) is 0 Å². The molecule has 1 aliphatic rings. The molecule has 1 aliphatic heterocycles.